The van der Waals surface area contributed by atoms with Crippen LogP contribution >= 0.6 is 11.8 Å². The van der Waals surface area contributed by atoms with Crippen LogP contribution in [0, 0.1) is 5.92 Å². The number of carbonyl (C=O) groups excluding carboxylic acids is 1. The first-order valence-electron chi connectivity index (χ1n) is 7.00. The lowest BCUT2D eigenvalue weighted by atomic mass is 9.83. The van der Waals surface area contributed by atoms with Crippen LogP contribution in [-0.2, 0) is 9.53 Å². The minimum atomic E-state index is 0.0913. The lowest BCUT2D eigenvalue weighted by Crippen LogP contribution is -2.40. The molecule has 1 aliphatic heterocycles. The highest BCUT2D eigenvalue weighted by Crippen LogP contribution is 2.42. The molecule has 0 aromatic rings. The molecule has 2 rings (SSSR count). The van der Waals surface area contributed by atoms with Crippen molar-refractivity contribution in [2.75, 3.05) is 18.1 Å². The Balaban J connectivity index is 1.82. The topological polar surface area (TPSA) is 26.3 Å². The van der Waals surface area contributed by atoms with E-state index in [-0.39, 0.29) is 11.5 Å². The highest BCUT2D eigenvalue weighted by atomic mass is 32.2. The molecule has 1 saturated heterocycles. The van der Waals surface area contributed by atoms with Gasteiger partial charge in [-0.15, -0.1) is 0 Å². The summed E-state index contributed by atoms with van der Waals surface area (Å²) in [6, 6.07) is 0. The van der Waals surface area contributed by atoms with Gasteiger partial charge < -0.3 is 4.74 Å². The molecular weight excluding hydrogens is 232 g/mol. The molecule has 3 heteroatoms. The van der Waals surface area contributed by atoms with Gasteiger partial charge in [0.25, 0.3) is 0 Å². The van der Waals surface area contributed by atoms with E-state index in [2.05, 4.69) is 6.92 Å². The first-order chi connectivity index (χ1) is 8.26. The molecule has 0 amide bonds. The summed E-state index contributed by atoms with van der Waals surface area (Å²) in [4.78, 5) is 12.1. The summed E-state index contributed by atoms with van der Waals surface area (Å²) in [5.74, 6) is 2.58. The van der Waals surface area contributed by atoms with Crippen LogP contribution in [-0.4, -0.2) is 29.5 Å². The average Bonchev–Trinajstić information content (AvgIpc) is 2.77. The predicted molar refractivity (Wildman–Crippen MR) is 72.5 cm³/mol. The number of Topliss-reactive ketones (excluding diaryl/α,β-unsaturated/α-hetero) is 1. The van der Waals surface area contributed by atoms with Crippen molar-refractivity contribution in [1.82, 2.24) is 0 Å². The van der Waals surface area contributed by atoms with Crippen molar-refractivity contribution < 1.29 is 9.53 Å². The predicted octanol–water partition coefficient (Wildman–Crippen LogP) is 3.44. The number of carbonyl (C=O) groups is 1. The second-order valence-electron chi connectivity index (χ2n) is 5.45. The molecule has 1 unspecified atom stereocenters. The van der Waals surface area contributed by atoms with Gasteiger partial charge in [0.1, 0.15) is 5.78 Å². The van der Waals surface area contributed by atoms with E-state index in [1.54, 1.807) is 11.8 Å². The van der Waals surface area contributed by atoms with E-state index in [4.69, 9.17) is 4.74 Å². The third-order valence-corrected chi connectivity index (χ3v) is 5.24. The third kappa shape index (κ3) is 3.47. The van der Waals surface area contributed by atoms with Crippen LogP contribution < -0.4 is 0 Å². The van der Waals surface area contributed by atoms with Crippen molar-refractivity contribution in [2.24, 2.45) is 5.92 Å². The molecule has 2 aliphatic rings. The Bertz CT molecular complexity index is 259. The fourth-order valence-electron chi connectivity index (χ4n) is 3.11. The molecule has 2 fully saturated rings. The standard InChI is InChI=1S/C14H24O2S/c1-2-9-17-11-13(15)12-5-8-16-14(10-12)6-3-4-7-14/h12H,2-11H2,1H3. The van der Waals surface area contributed by atoms with Gasteiger partial charge >= 0.3 is 0 Å². The molecule has 1 atom stereocenters. The molecule has 1 heterocycles. The largest absolute Gasteiger partial charge is 0.375 e. The SMILES string of the molecule is CCCSCC(=O)C1CCOC2(CCCC2)C1. The maximum Gasteiger partial charge on any atom is 0.146 e. The third-order valence-electron chi connectivity index (χ3n) is 4.06. The van der Waals surface area contributed by atoms with Crippen LogP contribution in [0.25, 0.3) is 0 Å². The van der Waals surface area contributed by atoms with Gasteiger partial charge in [-0.25, -0.2) is 0 Å². The summed E-state index contributed by atoms with van der Waals surface area (Å²) < 4.78 is 5.97. The van der Waals surface area contributed by atoms with Crippen LogP contribution in [0.4, 0.5) is 0 Å². The summed E-state index contributed by atoms with van der Waals surface area (Å²) in [5, 5.41) is 0. The van der Waals surface area contributed by atoms with Crippen molar-refractivity contribution in [2.45, 2.75) is 57.5 Å². The molecule has 1 aliphatic carbocycles. The summed E-state index contributed by atoms with van der Waals surface area (Å²) in [5.41, 5.74) is 0.0913. The Labute approximate surface area is 109 Å². The number of ether oxygens (including phenoxy) is 1. The molecule has 0 radical (unpaired) electrons. The molecule has 17 heavy (non-hydrogen) atoms. The fraction of sp³-hybridized carbons (Fsp3) is 0.929. The molecule has 0 aromatic heterocycles. The minimum Gasteiger partial charge on any atom is -0.375 e. The lowest BCUT2D eigenvalue weighted by Gasteiger charge is -2.37. The normalized spacial score (nSPS) is 27.5. The summed E-state index contributed by atoms with van der Waals surface area (Å²) in [6.45, 7) is 2.97. The molecule has 98 valence electrons. The summed E-state index contributed by atoms with van der Waals surface area (Å²) in [7, 11) is 0. The minimum absolute atomic E-state index is 0.0913. The zero-order valence-electron chi connectivity index (χ0n) is 10.9. The van der Waals surface area contributed by atoms with Crippen LogP contribution in [0.5, 0.6) is 0 Å². The zero-order chi connectivity index (χ0) is 12.1. The molecule has 0 bridgehead atoms. The number of hydrogen-bond acceptors (Lipinski definition) is 3. The van der Waals surface area contributed by atoms with Gasteiger partial charge in [-0.05, 0) is 37.9 Å². The van der Waals surface area contributed by atoms with Crippen LogP contribution in [0.3, 0.4) is 0 Å². The highest BCUT2D eigenvalue weighted by Gasteiger charge is 2.41. The molecule has 2 nitrogen and oxygen atoms in total. The van der Waals surface area contributed by atoms with Crippen molar-refractivity contribution >= 4 is 17.5 Å². The maximum atomic E-state index is 12.1. The Morgan fingerprint density at radius 3 is 2.88 bits per heavy atom. The van der Waals surface area contributed by atoms with E-state index in [1.807, 2.05) is 0 Å². The Morgan fingerprint density at radius 2 is 2.18 bits per heavy atom. The smallest absolute Gasteiger partial charge is 0.146 e. The number of ketones is 1. The van der Waals surface area contributed by atoms with Crippen molar-refractivity contribution in [3.63, 3.8) is 0 Å². The van der Waals surface area contributed by atoms with Crippen LogP contribution in [0.15, 0.2) is 0 Å². The Kier molecular flexibility index (Phi) is 4.92. The number of rotatable bonds is 5. The molecule has 1 saturated carbocycles. The van der Waals surface area contributed by atoms with Crippen LogP contribution in [0.2, 0.25) is 0 Å². The Hall–Kier alpha value is -0.0200. The summed E-state index contributed by atoms with van der Waals surface area (Å²) in [6.07, 6.45) is 8.04. The lowest BCUT2D eigenvalue weighted by molar-refractivity contribution is -0.134. The van der Waals surface area contributed by atoms with Crippen LogP contribution in [0.1, 0.15) is 51.9 Å². The highest BCUT2D eigenvalue weighted by molar-refractivity contribution is 7.99. The van der Waals surface area contributed by atoms with Crippen molar-refractivity contribution in [3.8, 4) is 0 Å². The first-order valence-corrected chi connectivity index (χ1v) is 8.16. The van der Waals surface area contributed by atoms with Gasteiger partial charge in [0, 0.05) is 12.5 Å². The first kappa shape index (κ1) is 13.4. The van der Waals surface area contributed by atoms with Gasteiger partial charge in [0.05, 0.1) is 11.4 Å². The van der Waals surface area contributed by atoms with Gasteiger partial charge in [-0.1, -0.05) is 19.8 Å². The van der Waals surface area contributed by atoms with Gasteiger partial charge in [0.15, 0.2) is 0 Å². The number of hydrogen-bond donors (Lipinski definition) is 0. The van der Waals surface area contributed by atoms with Gasteiger partial charge in [0.2, 0.25) is 0 Å². The summed E-state index contributed by atoms with van der Waals surface area (Å²) >= 11 is 1.80. The van der Waals surface area contributed by atoms with Gasteiger partial charge in [-0.3, -0.25) is 4.79 Å². The van der Waals surface area contributed by atoms with Crippen molar-refractivity contribution in [1.29, 1.82) is 0 Å². The molecular formula is C14H24O2S. The number of thioether (sulfide) groups is 1. The van der Waals surface area contributed by atoms with E-state index in [0.717, 1.165) is 31.6 Å². The molecule has 1 spiro atoms. The zero-order valence-corrected chi connectivity index (χ0v) is 11.7. The Morgan fingerprint density at radius 1 is 1.41 bits per heavy atom. The quantitative estimate of drug-likeness (QED) is 0.705. The molecule has 0 aromatic carbocycles. The fourth-order valence-corrected chi connectivity index (χ4v) is 3.98. The maximum absolute atomic E-state index is 12.1. The molecule has 0 N–H and O–H groups in total. The second-order valence-corrected chi connectivity index (χ2v) is 6.55. The average molecular weight is 256 g/mol. The van der Waals surface area contributed by atoms with E-state index in [1.165, 1.54) is 25.7 Å². The van der Waals surface area contributed by atoms with E-state index in [9.17, 15) is 4.79 Å². The van der Waals surface area contributed by atoms with E-state index >= 15 is 0 Å². The monoisotopic (exact) mass is 256 g/mol. The van der Waals surface area contributed by atoms with Gasteiger partial charge in [-0.2, -0.15) is 11.8 Å². The van der Waals surface area contributed by atoms with E-state index in [0.29, 0.717) is 11.5 Å². The second kappa shape index (κ2) is 6.24. The van der Waals surface area contributed by atoms with Crippen molar-refractivity contribution in [3.05, 3.63) is 0 Å². The van der Waals surface area contributed by atoms with E-state index < -0.39 is 0 Å².